The van der Waals surface area contributed by atoms with Crippen LogP contribution < -0.4 is 4.74 Å². The van der Waals surface area contributed by atoms with Crippen molar-refractivity contribution < 1.29 is 23.0 Å². The van der Waals surface area contributed by atoms with Crippen molar-refractivity contribution in [2.45, 2.75) is 32.9 Å². The number of aliphatic hydroxyl groups excluding tert-OH is 1. The quantitative estimate of drug-likeness (QED) is 0.939. The first-order valence-electron chi connectivity index (χ1n) is 6.33. The van der Waals surface area contributed by atoms with E-state index in [1.54, 1.807) is 23.1 Å². The van der Waals surface area contributed by atoms with Crippen LogP contribution in [-0.4, -0.2) is 21.2 Å². The highest BCUT2D eigenvalue weighted by molar-refractivity contribution is 5.64. The van der Waals surface area contributed by atoms with Crippen molar-refractivity contribution in [3.05, 3.63) is 36.2 Å². The molecule has 1 N–H and O–H groups in total. The number of hydrogen-bond acceptors (Lipinski definition) is 3. The molecule has 0 aliphatic carbocycles. The van der Waals surface area contributed by atoms with Crippen molar-refractivity contribution in [3.63, 3.8) is 0 Å². The lowest BCUT2D eigenvalue weighted by Gasteiger charge is -2.11. The van der Waals surface area contributed by atoms with Crippen LogP contribution in [0.3, 0.4) is 0 Å². The molecule has 114 valence electrons. The summed E-state index contributed by atoms with van der Waals surface area (Å²) in [7, 11) is 0. The zero-order chi connectivity index (χ0) is 15.6. The molecule has 0 saturated carbocycles. The Morgan fingerprint density at radius 3 is 2.48 bits per heavy atom. The Morgan fingerprint density at radius 2 is 1.95 bits per heavy atom. The minimum atomic E-state index is -4.77. The molecule has 0 aliphatic rings. The first kappa shape index (κ1) is 15.4. The summed E-state index contributed by atoms with van der Waals surface area (Å²) in [6, 6.07) is 4.17. The van der Waals surface area contributed by atoms with Crippen molar-refractivity contribution in [2.24, 2.45) is 0 Å². The second kappa shape index (κ2) is 5.77. The van der Waals surface area contributed by atoms with Crippen LogP contribution in [0.4, 0.5) is 13.2 Å². The third-order valence-corrected chi connectivity index (χ3v) is 2.85. The van der Waals surface area contributed by atoms with E-state index < -0.39 is 6.36 Å². The van der Waals surface area contributed by atoms with E-state index >= 15 is 0 Å². The summed E-state index contributed by atoms with van der Waals surface area (Å²) in [6.45, 7) is 3.51. The Bertz CT molecular complexity index is 621. The number of benzene rings is 1. The molecular formula is C14H15F3N2O2. The van der Waals surface area contributed by atoms with E-state index in [-0.39, 0.29) is 18.4 Å². The maximum absolute atomic E-state index is 12.3. The number of ether oxygens (including phenoxy) is 1. The molecule has 0 radical (unpaired) electrons. The molecule has 0 bridgehead atoms. The van der Waals surface area contributed by atoms with Crippen LogP contribution in [0.2, 0.25) is 0 Å². The van der Waals surface area contributed by atoms with E-state index in [1.807, 2.05) is 13.8 Å². The maximum Gasteiger partial charge on any atom is 0.573 e. The molecule has 2 aromatic rings. The number of alkyl halides is 3. The molecule has 0 saturated heterocycles. The highest BCUT2D eigenvalue weighted by Crippen LogP contribution is 2.30. The molecule has 1 aromatic carbocycles. The Morgan fingerprint density at radius 1 is 1.24 bits per heavy atom. The van der Waals surface area contributed by atoms with Gasteiger partial charge in [-0.25, -0.2) is 0 Å². The zero-order valence-electron chi connectivity index (χ0n) is 11.6. The molecule has 0 atom stereocenters. The van der Waals surface area contributed by atoms with E-state index in [0.717, 1.165) is 6.07 Å². The van der Waals surface area contributed by atoms with E-state index in [2.05, 4.69) is 9.84 Å². The number of rotatable bonds is 4. The summed E-state index contributed by atoms with van der Waals surface area (Å²) in [5.41, 5.74) is 1.50. The molecule has 21 heavy (non-hydrogen) atoms. The maximum atomic E-state index is 12.3. The van der Waals surface area contributed by atoms with Gasteiger partial charge in [-0.1, -0.05) is 0 Å². The monoisotopic (exact) mass is 300 g/mol. The molecule has 7 heteroatoms. The van der Waals surface area contributed by atoms with Gasteiger partial charge in [0.15, 0.2) is 0 Å². The van der Waals surface area contributed by atoms with Crippen LogP contribution in [0.15, 0.2) is 30.6 Å². The fraction of sp³-hybridized carbons (Fsp3) is 0.357. The molecule has 2 rings (SSSR count). The lowest BCUT2D eigenvalue weighted by atomic mass is 10.1. The van der Waals surface area contributed by atoms with Gasteiger partial charge in [0.05, 0.1) is 12.8 Å². The molecule has 0 fully saturated rings. The molecule has 1 heterocycles. The molecule has 0 unspecified atom stereocenters. The van der Waals surface area contributed by atoms with E-state index in [1.165, 1.54) is 6.07 Å². The van der Waals surface area contributed by atoms with E-state index in [4.69, 9.17) is 5.11 Å². The lowest BCUT2D eigenvalue weighted by molar-refractivity contribution is -0.274. The topological polar surface area (TPSA) is 47.3 Å². The molecule has 4 nitrogen and oxygen atoms in total. The van der Waals surface area contributed by atoms with Crippen LogP contribution in [-0.2, 0) is 6.61 Å². The Kier molecular flexibility index (Phi) is 4.22. The Hall–Kier alpha value is -2.02. The van der Waals surface area contributed by atoms with Crippen molar-refractivity contribution in [1.82, 2.24) is 9.78 Å². The summed E-state index contributed by atoms with van der Waals surface area (Å²) in [4.78, 5) is 0. The first-order valence-corrected chi connectivity index (χ1v) is 6.33. The van der Waals surface area contributed by atoms with Gasteiger partial charge in [0.25, 0.3) is 0 Å². The van der Waals surface area contributed by atoms with Gasteiger partial charge in [0, 0.05) is 17.8 Å². The van der Waals surface area contributed by atoms with Crippen LogP contribution in [0.25, 0.3) is 11.1 Å². The van der Waals surface area contributed by atoms with E-state index in [0.29, 0.717) is 16.7 Å². The summed E-state index contributed by atoms with van der Waals surface area (Å²) >= 11 is 0. The first-order chi connectivity index (χ1) is 9.78. The minimum absolute atomic E-state index is 0.144. The number of nitrogens with zero attached hydrogens (tertiary/aromatic N) is 2. The lowest BCUT2D eigenvalue weighted by Crippen LogP contribution is -2.17. The average Bonchev–Trinajstić information content (AvgIpc) is 2.86. The third kappa shape index (κ3) is 3.98. The number of halogens is 3. The van der Waals surface area contributed by atoms with Crippen molar-refractivity contribution >= 4 is 0 Å². The van der Waals surface area contributed by atoms with Gasteiger partial charge in [0.2, 0.25) is 0 Å². The van der Waals surface area contributed by atoms with Crippen molar-refractivity contribution in [1.29, 1.82) is 0 Å². The minimum Gasteiger partial charge on any atom is -0.406 e. The largest absolute Gasteiger partial charge is 0.573 e. The SMILES string of the molecule is CC(C)n1cc(-c2cc(CO)cc(OC(F)(F)F)c2)cn1. The van der Waals surface area contributed by atoms with Crippen LogP contribution in [0.5, 0.6) is 5.75 Å². The Balaban J connectivity index is 2.40. The normalized spacial score (nSPS) is 12.0. The summed E-state index contributed by atoms with van der Waals surface area (Å²) in [5.74, 6) is -0.360. The predicted octanol–water partition coefficient (Wildman–Crippen LogP) is 3.52. The van der Waals surface area contributed by atoms with Gasteiger partial charge < -0.3 is 9.84 Å². The highest BCUT2D eigenvalue weighted by Gasteiger charge is 2.31. The highest BCUT2D eigenvalue weighted by atomic mass is 19.4. The van der Waals surface area contributed by atoms with Crippen molar-refractivity contribution in [3.8, 4) is 16.9 Å². The second-order valence-electron chi connectivity index (χ2n) is 4.87. The molecule has 0 amide bonds. The van der Waals surface area contributed by atoms with Gasteiger partial charge in [-0.2, -0.15) is 5.10 Å². The fourth-order valence-corrected chi connectivity index (χ4v) is 1.88. The number of hydrogen-bond donors (Lipinski definition) is 1. The third-order valence-electron chi connectivity index (χ3n) is 2.85. The standard InChI is InChI=1S/C14H15F3N2O2/c1-9(2)19-7-12(6-18-19)11-3-10(8-20)4-13(5-11)21-14(15,16)17/h3-7,9,20H,8H2,1-2H3. The summed E-state index contributed by atoms with van der Waals surface area (Å²) in [5, 5.41) is 13.3. The fourth-order valence-electron chi connectivity index (χ4n) is 1.88. The van der Waals surface area contributed by atoms with Gasteiger partial charge in [-0.3, -0.25) is 4.68 Å². The van der Waals surface area contributed by atoms with Gasteiger partial charge in [-0.05, 0) is 43.2 Å². The van der Waals surface area contributed by atoms with Crippen molar-refractivity contribution in [2.75, 3.05) is 0 Å². The molecule has 1 aromatic heterocycles. The van der Waals surface area contributed by atoms with Crippen LogP contribution >= 0.6 is 0 Å². The van der Waals surface area contributed by atoms with Crippen LogP contribution in [0, 0.1) is 0 Å². The molecule has 0 aliphatic heterocycles. The number of aromatic nitrogens is 2. The summed E-state index contributed by atoms with van der Waals surface area (Å²) < 4.78 is 42.6. The Labute approximate surface area is 119 Å². The molecular weight excluding hydrogens is 285 g/mol. The molecule has 0 spiro atoms. The van der Waals surface area contributed by atoms with Crippen LogP contribution in [0.1, 0.15) is 25.5 Å². The van der Waals surface area contributed by atoms with Gasteiger partial charge in [-0.15, -0.1) is 13.2 Å². The van der Waals surface area contributed by atoms with E-state index in [9.17, 15) is 13.2 Å². The summed E-state index contributed by atoms with van der Waals surface area (Å²) in [6.07, 6.45) is -1.47. The van der Waals surface area contributed by atoms with Gasteiger partial charge >= 0.3 is 6.36 Å². The average molecular weight is 300 g/mol. The smallest absolute Gasteiger partial charge is 0.406 e. The number of aliphatic hydroxyl groups is 1. The van der Waals surface area contributed by atoms with Gasteiger partial charge in [0.1, 0.15) is 5.75 Å². The second-order valence-corrected chi connectivity index (χ2v) is 4.87. The predicted molar refractivity (Wildman–Crippen MR) is 70.7 cm³/mol. The zero-order valence-corrected chi connectivity index (χ0v) is 11.6.